The van der Waals surface area contributed by atoms with Gasteiger partial charge in [0.15, 0.2) is 0 Å². The molecule has 0 saturated carbocycles. The molecule has 0 N–H and O–H groups in total. The molecule has 1 fully saturated rings. The molecule has 14 heavy (non-hydrogen) atoms. The van der Waals surface area contributed by atoms with Crippen molar-refractivity contribution >= 4 is 5.69 Å². The molecule has 1 saturated heterocycles. The average Bonchev–Trinajstić information content (AvgIpc) is 2.90. The molecule has 2 aliphatic rings. The van der Waals surface area contributed by atoms with E-state index in [1.54, 1.807) is 5.56 Å². The summed E-state index contributed by atoms with van der Waals surface area (Å²) >= 11 is 0. The first kappa shape index (κ1) is 8.30. The summed E-state index contributed by atoms with van der Waals surface area (Å²) in [4.78, 5) is 2.33. The monoisotopic (exact) mass is 189 g/mol. The molecule has 74 valence electrons. The molecule has 2 nitrogen and oxygen atoms in total. The maximum absolute atomic E-state index is 5.25. The van der Waals surface area contributed by atoms with E-state index in [1.165, 1.54) is 24.1 Å². The molecule has 0 bridgehead atoms. The zero-order valence-corrected chi connectivity index (χ0v) is 8.49. The number of epoxide rings is 1. The molecule has 2 heteroatoms. The predicted octanol–water partition coefficient (Wildman–Crippen LogP) is 1.62. The molecule has 1 atom stereocenters. The Kier molecular flexibility index (Phi) is 1.77. The minimum atomic E-state index is 0.482. The Hall–Kier alpha value is -1.02. The maximum atomic E-state index is 5.25. The topological polar surface area (TPSA) is 15.8 Å². The highest BCUT2D eigenvalue weighted by Crippen LogP contribution is 2.32. The van der Waals surface area contributed by atoms with Crippen molar-refractivity contribution in [1.29, 1.82) is 0 Å². The van der Waals surface area contributed by atoms with Gasteiger partial charge in [-0.3, -0.25) is 0 Å². The Balaban J connectivity index is 1.83. The lowest BCUT2D eigenvalue weighted by molar-refractivity contribution is 0.410. The van der Waals surface area contributed by atoms with E-state index in [1.807, 2.05) is 0 Å². The van der Waals surface area contributed by atoms with Gasteiger partial charge in [0.05, 0.1) is 12.7 Å². The standard InChI is InChI=1S/C12H15NO/c1-13(7-10-8-14-10)12-4-2-3-9-5-6-11(9)12/h2-4,10H,5-8H2,1H3. The van der Waals surface area contributed by atoms with Crippen LogP contribution in [0.4, 0.5) is 5.69 Å². The van der Waals surface area contributed by atoms with E-state index >= 15 is 0 Å². The van der Waals surface area contributed by atoms with Crippen molar-refractivity contribution in [2.45, 2.75) is 18.9 Å². The van der Waals surface area contributed by atoms with Gasteiger partial charge in [0, 0.05) is 19.3 Å². The number of likely N-dealkylation sites (N-methyl/N-ethyl adjacent to an activating group) is 1. The van der Waals surface area contributed by atoms with E-state index in [0.29, 0.717) is 6.10 Å². The van der Waals surface area contributed by atoms with Gasteiger partial charge in [0.1, 0.15) is 0 Å². The third kappa shape index (κ3) is 1.30. The van der Waals surface area contributed by atoms with Crippen LogP contribution in [-0.4, -0.2) is 26.3 Å². The highest BCUT2D eigenvalue weighted by molar-refractivity contribution is 5.60. The number of hydrogen-bond acceptors (Lipinski definition) is 2. The zero-order chi connectivity index (χ0) is 9.54. The van der Waals surface area contributed by atoms with Crippen molar-refractivity contribution in [2.24, 2.45) is 0 Å². The van der Waals surface area contributed by atoms with Crippen LogP contribution in [0.1, 0.15) is 11.1 Å². The normalized spacial score (nSPS) is 22.5. The van der Waals surface area contributed by atoms with Crippen molar-refractivity contribution in [3.8, 4) is 0 Å². The minimum absolute atomic E-state index is 0.482. The van der Waals surface area contributed by atoms with E-state index < -0.39 is 0 Å². The zero-order valence-electron chi connectivity index (χ0n) is 8.49. The summed E-state index contributed by atoms with van der Waals surface area (Å²) in [5.41, 5.74) is 4.49. The largest absolute Gasteiger partial charge is 0.372 e. The highest BCUT2D eigenvalue weighted by atomic mass is 16.6. The van der Waals surface area contributed by atoms with Gasteiger partial charge in [0.25, 0.3) is 0 Å². The van der Waals surface area contributed by atoms with Gasteiger partial charge in [-0.2, -0.15) is 0 Å². The first-order chi connectivity index (χ1) is 6.84. The number of anilines is 1. The van der Waals surface area contributed by atoms with E-state index in [9.17, 15) is 0 Å². The molecule has 0 spiro atoms. The summed E-state index contributed by atoms with van der Waals surface area (Å²) in [5, 5.41) is 0. The molecule has 1 aliphatic heterocycles. The van der Waals surface area contributed by atoms with Crippen LogP contribution in [0.2, 0.25) is 0 Å². The van der Waals surface area contributed by atoms with E-state index in [-0.39, 0.29) is 0 Å². The predicted molar refractivity (Wildman–Crippen MR) is 56.9 cm³/mol. The van der Waals surface area contributed by atoms with Crippen molar-refractivity contribution < 1.29 is 4.74 Å². The molecule has 1 aromatic carbocycles. The van der Waals surface area contributed by atoms with E-state index in [0.717, 1.165) is 13.2 Å². The molecule has 3 rings (SSSR count). The fourth-order valence-electron chi connectivity index (χ4n) is 2.16. The number of ether oxygens (including phenoxy) is 1. The third-order valence-corrected chi connectivity index (χ3v) is 3.18. The second-order valence-corrected chi connectivity index (χ2v) is 4.25. The van der Waals surface area contributed by atoms with Crippen LogP contribution in [-0.2, 0) is 17.6 Å². The van der Waals surface area contributed by atoms with Crippen LogP contribution < -0.4 is 4.90 Å². The lowest BCUT2D eigenvalue weighted by atomic mass is 9.87. The van der Waals surface area contributed by atoms with Crippen LogP contribution >= 0.6 is 0 Å². The number of nitrogens with zero attached hydrogens (tertiary/aromatic N) is 1. The minimum Gasteiger partial charge on any atom is -0.372 e. The second-order valence-electron chi connectivity index (χ2n) is 4.25. The van der Waals surface area contributed by atoms with Gasteiger partial charge >= 0.3 is 0 Å². The van der Waals surface area contributed by atoms with Crippen LogP contribution in [0.3, 0.4) is 0 Å². The third-order valence-electron chi connectivity index (χ3n) is 3.18. The summed E-state index contributed by atoms with van der Waals surface area (Å²) in [6.07, 6.45) is 2.99. The molecular formula is C12H15NO. The van der Waals surface area contributed by atoms with Crippen LogP contribution in [0.5, 0.6) is 0 Å². The molecule has 0 aromatic heterocycles. The Morgan fingerprint density at radius 3 is 2.93 bits per heavy atom. The number of benzene rings is 1. The van der Waals surface area contributed by atoms with Gasteiger partial charge in [-0.25, -0.2) is 0 Å². The number of fused-ring (bicyclic) bond motifs is 1. The molecule has 1 heterocycles. The van der Waals surface area contributed by atoms with Crippen molar-refractivity contribution in [3.05, 3.63) is 29.3 Å². The van der Waals surface area contributed by atoms with E-state index in [2.05, 4.69) is 30.1 Å². The van der Waals surface area contributed by atoms with Gasteiger partial charge in [-0.05, 0) is 30.0 Å². The van der Waals surface area contributed by atoms with Gasteiger partial charge in [0.2, 0.25) is 0 Å². The van der Waals surface area contributed by atoms with Crippen LogP contribution in [0.15, 0.2) is 18.2 Å². The van der Waals surface area contributed by atoms with Gasteiger partial charge in [-0.1, -0.05) is 12.1 Å². The van der Waals surface area contributed by atoms with Crippen molar-refractivity contribution in [2.75, 3.05) is 25.1 Å². The Morgan fingerprint density at radius 1 is 1.43 bits per heavy atom. The van der Waals surface area contributed by atoms with Gasteiger partial charge in [-0.15, -0.1) is 0 Å². The molecular weight excluding hydrogens is 174 g/mol. The smallest absolute Gasteiger partial charge is 0.0984 e. The summed E-state index contributed by atoms with van der Waals surface area (Å²) in [6, 6.07) is 6.63. The fourth-order valence-corrected chi connectivity index (χ4v) is 2.16. The maximum Gasteiger partial charge on any atom is 0.0984 e. The molecule has 1 aromatic rings. The Bertz CT molecular complexity index is 357. The van der Waals surface area contributed by atoms with E-state index in [4.69, 9.17) is 4.74 Å². The summed E-state index contributed by atoms with van der Waals surface area (Å²) in [7, 11) is 2.16. The van der Waals surface area contributed by atoms with Crippen molar-refractivity contribution in [1.82, 2.24) is 0 Å². The Morgan fingerprint density at radius 2 is 2.29 bits per heavy atom. The quantitative estimate of drug-likeness (QED) is 0.671. The summed E-state index contributed by atoms with van der Waals surface area (Å²) < 4.78 is 5.25. The lowest BCUT2D eigenvalue weighted by Gasteiger charge is -2.28. The molecule has 0 amide bonds. The first-order valence-corrected chi connectivity index (χ1v) is 5.28. The lowest BCUT2D eigenvalue weighted by Crippen LogP contribution is -2.26. The number of hydrogen-bond donors (Lipinski definition) is 0. The first-order valence-electron chi connectivity index (χ1n) is 5.28. The SMILES string of the molecule is CN(CC1CO1)c1cccc2c1CC2. The number of aryl methyl sites for hydroxylation is 1. The molecule has 1 unspecified atom stereocenters. The Labute approximate surface area is 84.5 Å². The van der Waals surface area contributed by atoms with Crippen LogP contribution in [0, 0.1) is 0 Å². The fraction of sp³-hybridized carbons (Fsp3) is 0.500. The van der Waals surface area contributed by atoms with Crippen LogP contribution in [0.25, 0.3) is 0 Å². The summed E-state index contributed by atoms with van der Waals surface area (Å²) in [6.45, 7) is 1.98. The molecule has 0 radical (unpaired) electrons. The van der Waals surface area contributed by atoms with Gasteiger partial charge < -0.3 is 9.64 Å². The van der Waals surface area contributed by atoms with Crippen molar-refractivity contribution in [3.63, 3.8) is 0 Å². The molecule has 1 aliphatic carbocycles. The number of rotatable bonds is 3. The highest BCUT2D eigenvalue weighted by Gasteiger charge is 2.26. The second kappa shape index (κ2) is 2.99. The average molecular weight is 189 g/mol. The summed E-state index contributed by atoms with van der Waals surface area (Å²) in [5.74, 6) is 0.